The molecule has 0 aliphatic heterocycles. The molecular formula is C7H16N8. The summed E-state index contributed by atoms with van der Waals surface area (Å²) in [5.74, 6) is 0. The smallest absolute Gasteiger partial charge is 0.142 e. The van der Waals surface area contributed by atoms with Crippen molar-refractivity contribution in [3.05, 3.63) is 12.2 Å². The third kappa shape index (κ3) is 4.51. The van der Waals surface area contributed by atoms with E-state index in [-0.39, 0.29) is 0 Å². The Morgan fingerprint density at radius 1 is 0.933 bits per heavy atom. The third-order valence-electron chi connectivity index (χ3n) is 1.54. The predicted octanol–water partition coefficient (Wildman–Crippen LogP) is -2.76. The van der Waals surface area contributed by atoms with Crippen molar-refractivity contribution < 1.29 is 0 Å². The molecule has 8 nitrogen and oxygen atoms in total. The van der Waals surface area contributed by atoms with Gasteiger partial charge < -0.3 is 0 Å². The number of nitrogens with two attached hydrogens (primary N) is 4. The number of nitrogens with zero attached hydrogens (tertiary/aromatic N) is 2. The molecule has 0 saturated carbocycles. The Kier molecular flexibility index (Phi) is 4.18. The maximum atomic E-state index is 5.26. The highest BCUT2D eigenvalue weighted by molar-refractivity contribution is 6.20. The fourth-order valence-electron chi connectivity index (χ4n) is 0.964. The molecule has 0 radical (unpaired) electrons. The minimum atomic E-state index is -0.664. The van der Waals surface area contributed by atoms with E-state index in [4.69, 9.17) is 22.9 Å². The average molecular weight is 212 g/mol. The Balaban J connectivity index is 2.43. The third-order valence-corrected chi connectivity index (χ3v) is 1.54. The zero-order valence-corrected chi connectivity index (χ0v) is 8.22. The highest BCUT2D eigenvalue weighted by atomic mass is 15.4. The van der Waals surface area contributed by atoms with E-state index >= 15 is 0 Å². The first-order valence-electron chi connectivity index (χ1n) is 4.42. The van der Waals surface area contributed by atoms with Crippen molar-refractivity contribution in [2.45, 2.75) is 19.0 Å². The molecule has 0 atom stereocenters. The SMILES string of the molecule is NC(N)N/N=C1C=C/C(=N/NC(N)N)C\1. The lowest BCUT2D eigenvalue weighted by Gasteiger charge is -2.05. The van der Waals surface area contributed by atoms with Gasteiger partial charge >= 0.3 is 0 Å². The van der Waals surface area contributed by atoms with Crippen LogP contribution in [0, 0.1) is 0 Å². The fraction of sp³-hybridized carbons (Fsp3) is 0.429. The van der Waals surface area contributed by atoms with Gasteiger partial charge in [0.1, 0.15) is 12.6 Å². The highest BCUT2D eigenvalue weighted by Crippen LogP contribution is 2.03. The summed E-state index contributed by atoms with van der Waals surface area (Å²) in [5.41, 5.74) is 27.7. The quantitative estimate of drug-likeness (QED) is 0.219. The van der Waals surface area contributed by atoms with Crippen molar-refractivity contribution in [1.29, 1.82) is 0 Å². The number of nitrogens with one attached hydrogen (secondary N) is 2. The Labute approximate surface area is 87.4 Å². The molecule has 0 heterocycles. The zero-order valence-electron chi connectivity index (χ0n) is 8.22. The second-order valence-corrected chi connectivity index (χ2v) is 3.03. The van der Waals surface area contributed by atoms with Crippen molar-refractivity contribution in [3.8, 4) is 0 Å². The molecule has 0 aromatic heterocycles. The molecule has 1 rings (SSSR count). The van der Waals surface area contributed by atoms with E-state index in [0.29, 0.717) is 6.42 Å². The van der Waals surface area contributed by atoms with Crippen LogP contribution in [0.2, 0.25) is 0 Å². The van der Waals surface area contributed by atoms with Crippen LogP contribution in [0.3, 0.4) is 0 Å². The lowest BCUT2D eigenvalue weighted by atomic mass is 10.3. The van der Waals surface area contributed by atoms with Crippen molar-refractivity contribution in [1.82, 2.24) is 10.9 Å². The summed E-state index contributed by atoms with van der Waals surface area (Å²) in [6.45, 7) is 0. The van der Waals surface area contributed by atoms with Gasteiger partial charge in [-0.15, -0.1) is 0 Å². The van der Waals surface area contributed by atoms with Crippen LogP contribution in [0.25, 0.3) is 0 Å². The second-order valence-electron chi connectivity index (χ2n) is 3.03. The van der Waals surface area contributed by atoms with Crippen molar-refractivity contribution in [3.63, 3.8) is 0 Å². The van der Waals surface area contributed by atoms with Crippen LogP contribution >= 0.6 is 0 Å². The van der Waals surface area contributed by atoms with E-state index in [1.165, 1.54) is 0 Å². The van der Waals surface area contributed by atoms with E-state index in [9.17, 15) is 0 Å². The maximum absolute atomic E-state index is 5.26. The molecular weight excluding hydrogens is 196 g/mol. The number of hydrazone groups is 2. The molecule has 0 amide bonds. The van der Waals surface area contributed by atoms with E-state index in [2.05, 4.69) is 21.1 Å². The normalized spacial score (nSPS) is 20.9. The summed E-state index contributed by atoms with van der Waals surface area (Å²) < 4.78 is 0. The van der Waals surface area contributed by atoms with Gasteiger partial charge in [0.15, 0.2) is 0 Å². The van der Waals surface area contributed by atoms with Crippen molar-refractivity contribution in [2.75, 3.05) is 0 Å². The van der Waals surface area contributed by atoms with Gasteiger partial charge in [-0.05, 0) is 12.2 Å². The standard InChI is InChI=1S/C7H16N8/c8-6(9)14-12-4-1-2-5(3-4)13-15-7(10)11/h1-2,6-7,14-15H,3,8-11H2/b12-4-,13-5+. The van der Waals surface area contributed by atoms with Crippen LogP contribution in [0.4, 0.5) is 0 Å². The molecule has 0 saturated heterocycles. The highest BCUT2D eigenvalue weighted by Gasteiger charge is 2.08. The van der Waals surface area contributed by atoms with Gasteiger partial charge in [0, 0.05) is 6.42 Å². The first-order chi connectivity index (χ1) is 7.08. The molecule has 1 aliphatic carbocycles. The Hall–Kier alpha value is -1.48. The molecule has 0 spiro atoms. The molecule has 0 unspecified atom stereocenters. The van der Waals surface area contributed by atoms with Gasteiger partial charge in [-0.25, -0.2) is 0 Å². The Bertz CT molecular complexity index is 261. The fourth-order valence-corrected chi connectivity index (χ4v) is 0.964. The van der Waals surface area contributed by atoms with E-state index < -0.39 is 12.6 Å². The van der Waals surface area contributed by atoms with Gasteiger partial charge in [0.05, 0.1) is 11.4 Å². The topological polar surface area (TPSA) is 153 Å². The summed E-state index contributed by atoms with van der Waals surface area (Å²) in [6.07, 6.45) is 2.86. The molecule has 10 N–H and O–H groups in total. The van der Waals surface area contributed by atoms with Crippen LogP contribution in [-0.4, -0.2) is 24.0 Å². The van der Waals surface area contributed by atoms with E-state index in [1.807, 2.05) is 0 Å². The first-order valence-corrected chi connectivity index (χ1v) is 4.42. The summed E-state index contributed by atoms with van der Waals surface area (Å²) in [7, 11) is 0. The summed E-state index contributed by atoms with van der Waals surface area (Å²) in [6, 6.07) is 0. The molecule has 15 heavy (non-hydrogen) atoms. The summed E-state index contributed by atoms with van der Waals surface area (Å²) in [4.78, 5) is 0. The van der Waals surface area contributed by atoms with E-state index in [1.54, 1.807) is 12.2 Å². The molecule has 8 heteroatoms. The molecule has 0 aromatic rings. The minimum Gasteiger partial charge on any atom is -0.298 e. The lowest BCUT2D eigenvalue weighted by molar-refractivity contribution is 0.569. The van der Waals surface area contributed by atoms with Gasteiger partial charge in [-0.1, -0.05) is 0 Å². The first kappa shape index (κ1) is 11.6. The monoisotopic (exact) mass is 212 g/mol. The van der Waals surface area contributed by atoms with Crippen LogP contribution in [0.5, 0.6) is 0 Å². The Morgan fingerprint density at radius 2 is 1.33 bits per heavy atom. The minimum absolute atomic E-state index is 0.583. The molecule has 84 valence electrons. The summed E-state index contributed by atoms with van der Waals surface area (Å²) >= 11 is 0. The molecule has 0 aromatic carbocycles. The van der Waals surface area contributed by atoms with Crippen molar-refractivity contribution in [2.24, 2.45) is 33.1 Å². The zero-order chi connectivity index (χ0) is 11.3. The van der Waals surface area contributed by atoms with E-state index in [0.717, 1.165) is 11.4 Å². The number of hydrogen-bond donors (Lipinski definition) is 6. The molecule has 1 aliphatic rings. The Morgan fingerprint density at radius 3 is 1.67 bits per heavy atom. The van der Waals surface area contributed by atoms with Gasteiger partial charge in [0.25, 0.3) is 0 Å². The van der Waals surface area contributed by atoms with Crippen LogP contribution in [0.1, 0.15) is 6.42 Å². The number of hydrogen-bond acceptors (Lipinski definition) is 8. The van der Waals surface area contributed by atoms with Crippen LogP contribution < -0.4 is 33.8 Å². The van der Waals surface area contributed by atoms with Crippen LogP contribution in [-0.2, 0) is 0 Å². The largest absolute Gasteiger partial charge is 0.298 e. The maximum Gasteiger partial charge on any atom is 0.142 e. The second kappa shape index (κ2) is 5.41. The van der Waals surface area contributed by atoms with Crippen LogP contribution in [0.15, 0.2) is 22.4 Å². The average Bonchev–Trinajstić information content (AvgIpc) is 2.59. The van der Waals surface area contributed by atoms with Gasteiger partial charge in [-0.2, -0.15) is 10.2 Å². The molecule has 0 fully saturated rings. The van der Waals surface area contributed by atoms with Crippen molar-refractivity contribution >= 4 is 11.4 Å². The number of rotatable bonds is 4. The predicted molar refractivity (Wildman–Crippen MR) is 59.2 cm³/mol. The summed E-state index contributed by atoms with van der Waals surface area (Å²) in [5, 5.41) is 7.92. The van der Waals surface area contributed by atoms with Gasteiger partial charge in [-0.3, -0.25) is 33.8 Å². The molecule has 0 bridgehead atoms. The number of allylic oxidation sites excluding steroid dienone is 2. The van der Waals surface area contributed by atoms with Gasteiger partial charge in [0.2, 0.25) is 0 Å². The lowest BCUT2D eigenvalue weighted by Crippen LogP contribution is -2.42.